The number of aromatic nitrogens is 5. The number of rotatable bonds is 5. The summed E-state index contributed by atoms with van der Waals surface area (Å²) < 4.78 is 6.58. The molecule has 3 aromatic heterocycles. The number of carbonyl (C=O) groups is 1. The van der Waals surface area contributed by atoms with Crippen molar-refractivity contribution < 1.29 is 9.32 Å². The fourth-order valence-electron chi connectivity index (χ4n) is 1.93. The molecular formula is C15H13N7O2. The molecule has 120 valence electrons. The van der Waals surface area contributed by atoms with Gasteiger partial charge in [-0.3, -0.25) is 14.6 Å². The first-order valence-corrected chi connectivity index (χ1v) is 7.10. The normalized spacial score (nSPS) is 11.7. The Labute approximate surface area is 137 Å². The maximum absolute atomic E-state index is 12.0. The number of hydrogen-bond donors (Lipinski definition) is 1. The zero-order valence-electron chi connectivity index (χ0n) is 12.7. The number of carbonyl (C=O) groups excluding carboxylic acids is 1. The molecule has 1 atom stereocenters. The van der Waals surface area contributed by atoms with E-state index in [9.17, 15) is 4.79 Å². The van der Waals surface area contributed by atoms with Crippen LogP contribution in [0, 0.1) is 6.57 Å². The number of pyridine rings is 1. The van der Waals surface area contributed by atoms with Crippen molar-refractivity contribution >= 4 is 5.91 Å². The van der Waals surface area contributed by atoms with Crippen molar-refractivity contribution in [3.63, 3.8) is 0 Å². The van der Waals surface area contributed by atoms with Crippen LogP contribution < -0.4 is 5.32 Å². The first kappa shape index (κ1) is 15.4. The molecule has 0 aliphatic rings. The topological polar surface area (TPSA) is 103 Å². The van der Waals surface area contributed by atoms with Crippen LogP contribution in [0.25, 0.3) is 16.2 Å². The smallest absolute Gasteiger partial charge is 0.314 e. The van der Waals surface area contributed by atoms with E-state index in [1.807, 2.05) is 0 Å². The molecule has 3 heterocycles. The van der Waals surface area contributed by atoms with Crippen molar-refractivity contribution in [1.82, 2.24) is 30.5 Å². The van der Waals surface area contributed by atoms with E-state index >= 15 is 0 Å². The molecule has 3 aromatic rings. The first-order chi connectivity index (χ1) is 11.7. The molecule has 0 saturated carbocycles. The molecule has 0 aliphatic carbocycles. The molecule has 3 rings (SSSR count). The molecule has 9 nitrogen and oxygen atoms in total. The van der Waals surface area contributed by atoms with Gasteiger partial charge in [0.25, 0.3) is 5.91 Å². The minimum atomic E-state index is -0.502. The number of amides is 1. The van der Waals surface area contributed by atoms with Gasteiger partial charge in [-0.15, -0.1) is 5.10 Å². The molecule has 0 fully saturated rings. The van der Waals surface area contributed by atoms with E-state index in [4.69, 9.17) is 11.1 Å². The fraction of sp³-hybridized carbons (Fsp3) is 0.200. The van der Waals surface area contributed by atoms with Crippen LogP contribution in [0.15, 0.2) is 41.3 Å². The Balaban J connectivity index is 1.62. The Kier molecular flexibility index (Phi) is 4.29. The van der Waals surface area contributed by atoms with Gasteiger partial charge in [0.05, 0.1) is 12.7 Å². The molecule has 1 N–H and O–H groups in total. The molecule has 9 heteroatoms. The van der Waals surface area contributed by atoms with Crippen LogP contribution in [0.2, 0.25) is 0 Å². The number of nitrogens with zero attached hydrogens (tertiary/aromatic N) is 6. The Morgan fingerprint density at radius 1 is 1.46 bits per heavy atom. The first-order valence-electron chi connectivity index (χ1n) is 7.10. The lowest BCUT2D eigenvalue weighted by Gasteiger charge is -1.98. The lowest BCUT2D eigenvalue weighted by molar-refractivity contribution is 0.0945. The summed E-state index contributed by atoms with van der Waals surface area (Å²) in [4.78, 5) is 19.3. The van der Waals surface area contributed by atoms with Crippen molar-refractivity contribution in [2.75, 3.05) is 0 Å². The van der Waals surface area contributed by atoms with Crippen LogP contribution in [0.3, 0.4) is 0 Å². The van der Waals surface area contributed by atoms with Gasteiger partial charge in [-0.25, -0.2) is 6.57 Å². The summed E-state index contributed by atoms with van der Waals surface area (Å²) in [6.45, 7) is 8.80. The predicted molar refractivity (Wildman–Crippen MR) is 82.2 cm³/mol. The highest BCUT2D eigenvalue weighted by molar-refractivity contribution is 5.91. The van der Waals surface area contributed by atoms with E-state index in [0.717, 1.165) is 5.56 Å². The largest absolute Gasteiger partial charge is 0.356 e. The second kappa shape index (κ2) is 6.70. The highest BCUT2D eigenvalue weighted by atomic mass is 16.5. The maximum Gasteiger partial charge on any atom is 0.314 e. The summed E-state index contributed by atoms with van der Waals surface area (Å²) >= 11 is 0. The molecule has 0 aromatic carbocycles. The third-order valence-corrected chi connectivity index (χ3v) is 3.27. The molecule has 0 radical (unpaired) electrons. The van der Waals surface area contributed by atoms with E-state index in [-0.39, 0.29) is 12.2 Å². The zero-order valence-corrected chi connectivity index (χ0v) is 12.7. The van der Waals surface area contributed by atoms with Crippen molar-refractivity contribution in [3.8, 4) is 11.3 Å². The van der Waals surface area contributed by atoms with Gasteiger partial charge in [0.1, 0.15) is 5.69 Å². The van der Waals surface area contributed by atoms with Gasteiger partial charge in [-0.1, -0.05) is 10.4 Å². The summed E-state index contributed by atoms with van der Waals surface area (Å²) in [5.41, 5.74) is 1.58. The van der Waals surface area contributed by atoms with Crippen LogP contribution in [-0.4, -0.2) is 31.0 Å². The quantitative estimate of drug-likeness (QED) is 0.717. The zero-order chi connectivity index (χ0) is 16.9. The van der Waals surface area contributed by atoms with E-state index in [1.54, 1.807) is 37.5 Å². The monoisotopic (exact) mass is 323 g/mol. The lowest BCUT2D eigenvalue weighted by atomic mass is 10.2. The fourth-order valence-corrected chi connectivity index (χ4v) is 1.93. The summed E-state index contributed by atoms with van der Waals surface area (Å²) in [6, 6.07) is 5.35. The molecule has 24 heavy (non-hydrogen) atoms. The summed E-state index contributed by atoms with van der Waals surface area (Å²) in [5.74, 6) is 0.199. The number of hydrogen-bond acceptors (Lipinski definition) is 6. The SMILES string of the molecule is [C-]#[N+]C(C)n1cc(C(=O)NCc2cc(-c3ccncc3)on2)nn1. The van der Waals surface area contributed by atoms with Crippen LogP contribution in [0.1, 0.15) is 29.3 Å². The average Bonchev–Trinajstić information content (AvgIpc) is 3.29. The van der Waals surface area contributed by atoms with Crippen molar-refractivity contribution in [2.24, 2.45) is 0 Å². The molecule has 1 amide bonds. The van der Waals surface area contributed by atoms with E-state index in [1.165, 1.54) is 10.9 Å². The summed E-state index contributed by atoms with van der Waals surface area (Å²) in [6.07, 6.45) is 4.25. The molecule has 0 bridgehead atoms. The predicted octanol–water partition coefficient (Wildman–Crippen LogP) is 1.70. The van der Waals surface area contributed by atoms with Crippen LogP contribution in [0.4, 0.5) is 0 Å². The van der Waals surface area contributed by atoms with Crippen molar-refractivity contribution in [1.29, 1.82) is 0 Å². The Morgan fingerprint density at radius 2 is 2.25 bits per heavy atom. The number of nitrogens with one attached hydrogen (secondary N) is 1. The second-order valence-corrected chi connectivity index (χ2v) is 4.95. The molecule has 0 aliphatic heterocycles. The summed E-state index contributed by atoms with van der Waals surface area (Å²) in [5, 5.41) is 14.1. The van der Waals surface area contributed by atoms with Gasteiger partial charge in [0.15, 0.2) is 11.5 Å². The Morgan fingerprint density at radius 3 is 3.00 bits per heavy atom. The van der Waals surface area contributed by atoms with Gasteiger partial charge in [0.2, 0.25) is 0 Å². The van der Waals surface area contributed by atoms with Crippen LogP contribution >= 0.6 is 0 Å². The minimum Gasteiger partial charge on any atom is -0.356 e. The second-order valence-electron chi connectivity index (χ2n) is 4.95. The molecule has 0 spiro atoms. The van der Waals surface area contributed by atoms with Gasteiger partial charge in [-0.2, -0.15) is 4.68 Å². The summed E-state index contributed by atoms with van der Waals surface area (Å²) in [7, 11) is 0. The maximum atomic E-state index is 12.0. The minimum absolute atomic E-state index is 0.142. The van der Waals surface area contributed by atoms with E-state index < -0.39 is 12.1 Å². The third kappa shape index (κ3) is 3.27. The average molecular weight is 323 g/mol. The van der Waals surface area contributed by atoms with Gasteiger partial charge < -0.3 is 9.84 Å². The van der Waals surface area contributed by atoms with Gasteiger partial charge in [-0.05, 0) is 12.1 Å². The van der Waals surface area contributed by atoms with Crippen LogP contribution in [0.5, 0.6) is 0 Å². The van der Waals surface area contributed by atoms with E-state index in [2.05, 4.69) is 30.6 Å². The third-order valence-electron chi connectivity index (χ3n) is 3.27. The van der Waals surface area contributed by atoms with Crippen LogP contribution in [-0.2, 0) is 6.54 Å². The van der Waals surface area contributed by atoms with Crippen molar-refractivity contribution in [3.05, 3.63) is 59.6 Å². The standard InChI is InChI=1S/C15H13N7O2/c1-10(16-2)22-9-13(19-21-22)15(23)18-8-12-7-14(24-20-12)11-3-5-17-6-4-11/h3-7,9-10H,8H2,1H3,(H,18,23). The molecule has 1 unspecified atom stereocenters. The Hall–Kier alpha value is -3.54. The Bertz CT molecular complexity index is 879. The van der Waals surface area contributed by atoms with Gasteiger partial charge >= 0.3 is 6.17 Å². The van der Waals surface area contributed by atoms with E-state index in [0.29, 0.717) is 11.5 Å². The van der Waals surface area contributed by atoms with Gasteiger partial charge in [0, 0.05) is 30.9 Å². The van der Waals surface area contributed by atoms with Crippen molar-refractivity contribution in [2.45, 2.75) is 19.6 Å². The molecule has 0 saturated heterocycles. The highest BCUT2D eigenvalue weighted by Crippen LogP contribution is 2.19. The lowest BCUT2D eigenvalue weighted by Crippen LogP contribution is -2.23. The highest BCUT2D eigenvalue weighted by Gasteiger charge is 2.16. The molecular weight excluding hydrogens is 310 g/mol.